The van der Waals surface area contributed by atoms with E-state index in [4.69, 9.17) is 5.11 Å². The summed E-state index contributed by atoms with van der Waals surface area (Å²) in [5.41, 5.74) is 1.20. The fourth-order valence-electron chi connectivity index (χ4n) is 1.28. The van der Waals surface area contributed by atoms with Gasteiger partial charge in [0.15, 0.2) is 0 Å². The van der Waals surface area contributed by atoms with Crippen molar-refractivity contribution in [1.29, 1.82) is 0 Å². The molecule has 1 atom stereocenters. The van der Waals surface area contributed by atoms with Gasteiger partial charge in [0.1, 0.15) is 0 Å². The van der Waals surface area contributed by atoms with E-state index in [0.717, 1.165) is 12.2 Å². The first-order valence-corrected chi connectivity index (χ1v) is 5.93. The van der Waals surface area contributed by atoms with Crippen molar-refractivity contribution in [3.8, 4) is 0 Å². The molecule has 1 heterocycles. The molecule has 0 saturated carbocycles. The molecule has 1 rings (SSSR count). The zero-order valence-electron chi connectivity index (χ0n) is 9.01. The lowest BCUT2D eigenvalue weighted by Crippen LogP contribution is -2.06. The van der Waals surface area contributed by atoms with Gasteiger partial charge in [0.2, 0.25) is 0 Å². The number of thioether (sulfide) groups is 1. The molecule has 1 N–H and O–H groups in total. The first-order valence-electron chi connectivity index (χ1n) is 4.89. The highest BCUT2D eigenvalue weighted by Gasteiger charge is 2.07. The van der Waals surface area contributed by atoms with E-state index in [-0.39, 0.29) is 11.7 Å². The third kappa shape index (κ3) is 4.88. The molecule has 0 spiro atoms. The first kappa shape index (κ1) is 12.1. The van der Waals surface area contributed by atoms with Crippen LogP contribution in [0.1, 0.15) is 18.9 Å². The van der Waals surface area contributed by atoms with Gasteiger partial charge < -0.3 is 5.11 Å². The zero-order chi connectivity index (χ0) is 11.3. The van der Waals surface area contributed by atoms with E-state index in [2.05, 4.69) is 5.10 Å². The second kappa shape index (κ2) is 5.80. The van der Waals surface area contributed by atoms with Gasteiger partial charge in [-0.1, -0.05) is 6.92 Å². The Kier molecular flexibility index (Phi) is 4.68. The fourth-order valence-corrected chi connectivity index (χ4v) is 2.30. The average Bonchev–Trinajstić information content (AvgIpc) is 2.50. The molecular weight excluding hydrogens is 212 g/mol. The van der Waals surface area contributed by atoms with Crippen LogP contribution in [0, 0.1) is 0 Å². The molecule has 0 fully saturated rings. The van der Waals surface area contributed by atoms with Crippen LogP contribution in [0.15, 0.2) is 12.4 Å². The molecule has 0 aromatic carbocycles. The average molecular weight is 228 g/mol. The number of hydrogen-bond donors (Lipinski definition) is 1. The van der Waals surface area contributed by atoms with Crippen molar-refractivity contribution in [3.05, 3.63) is 18.0 Å². The molecule has 1 unspecified atom stereocenters. The summed E-state index contributed by atoms with van der Waals surface area (Å²) in [4.78, 5) is 10.4. The van der Waals surface area contributed by atoms with Crippen LogP contribution >= 0.6 is 11.8 Å². The molecule has 5 heteroatoms. The molecule has 1 aromatic heterocycles. The van der Waals surface area contributed by atoms with Gasteiger partial charge in [-0.15, -0.1) is 0 Å². The van der Waals surface area contributed by atoms with Gasteiger partial charge in [-0.2, -0.15) is 16.9 Å². The highest BCUT2D eigenvalue weighted by atomic mass is 32.2. The van der Waals surface area contributed by atoms with Gasteiger partial charge in [-0.25, -0.2) is 0 Å². The van der Waals surface area contributed by atoms with E-state index >= 15 is 0 Å². The van der Waals surface area contributed by atoms with Crippen molar-refractivity contribution >= 4 is 17.7 Å². The van der Waals surface area contributed by atoms with Gasteiger partial charge in [-0.05, 0) is 17.7 Å². The van der Waals surface area contributed by atoms with E-state index in [1.54, 1.807) is 16.4 Å². The minimum Gasteiger partial charge on any atom is -0.481 e. The van der Waals surface area contributed by atoms with Crippen LogP contribution in [0.4, 0.5) is 0 Å². The molecule has 0 amide bonds. The van der Waals surface area contributed by atoms with E-state index in [1.165, 1.54) is 5.56 Å². The molecule has 0 aliphatic carbocycles. The Balaban J connectivity index is 2.18. The molecule has 84 valence electrons. The van der Waals surface area contributed by atoms with Crippen molar-refractivity contribution in [3.63, 3.8) is 0 Å². The lowest BCUT2D eigenvalue weighted by atomic mass is 10.3. The Labute approximate surface area is 93.7 Å². The lowest BCUT2D eigenvalue weighted by molar-refractivity contribution is -0.136. The maximum absolute atomic E-state index is 10.4. The number of rotatable bonds is 6. The van der Waals surface area contributed by atoms with Crippen LogP contribution in [0.25, 0.3) is 0 Å². The van der Waals surface area contributed by atoms with Gasteiger partial charge in [0, 0.05) is 18.5 Å². The molecule has 4 nitrogen and oxygen atoms in total. The van der Waals surface area contributed by atoms with Gasteiger partial charge >= 0.3 is 5.97 Å². The van der Waals surface area contributed by atoms with Crippen LogP contribution in [0.2, 0.25) is 0 Å². The summed E-state index contributed by atoms with van der Waals surface area (Å²) >= 11 is 1.69. The quantitative estimate of drug-likeness (QED) is 0.802. The Hall–Kier alpha value is -0.970. The van der Waals surface area contributed by atoms with E-state index in [9.17, 15) is 4.79 Å². The maximum Gasteiger partial charge on any atom is 0.304 e. The minimum atomic E-state index is -0.726. The second-order valence-electron chi connectivity index (χ2n) is 3.55. The molecule has 0 aliphatic rings. The molecule has 0 bridgehead atoms. The van der Waals surface area contributed by atoms with Crippen molar-refractivity contribution in [2.24, 2.45) is 7.05 Å². The van der Waals surface area contributed by atoms with Crippen LogP contribution in [-0.2, 0) is 18.3 Å². The largest absolute Gasteiger partial charge is 0.481 e. The number of hydrogen-bond acceptors (Lipinski definition) is 3. The van der Waals surface area contributed by atoms with Crippen molar-refractivity contribution < 1.29 is 9.90 Å². The third-order valence-electron chi connectivity index (χ3n) is 2.01. The van der Waals surface area contributed by atoms with Crippen LogP contribution < -0.4 is 0 Å². The Morgan fingerprint density at radius 1 is 1.73 bits per heavy atom. The zero-order valence-corrected chi connectivity index (χ0v) is 9.83. The van der Waals surface area contributed by atoms with E-state index < -0.39 is 5.97 Å². The summed E-state index contributed by atoms with van der Waals surface area (Å²) < 4.78 is 1.78. The smallest absolute Gasteiger partial charge is 0.304 e. The minimum absolute atomic E-state index is 0.180. The number of carbonyl (C=O) groups is 1. The summed E-state index contributed by atoms with van der Waals surface area (Å²) in [5, 5.41) is 12.8. The van der Waals surface area contributed by atoms with E-state index in [0.29, 0.717) is 0 Å². The monoisotopic (exact) mass is 228 g/mol. The predicted molar refractivity (Wildman–Crippen MR) is 61.1 cm³/mol. The predicted octanol–water partition coefficient (Wildman–Crippen LogP) is 1.56. The first-order chi connectivity index (χ1) is 7.08. The summed E-state index contributed by atoms with van der Waals surface area (Å²) in [6.45, 7) is 1.95. The number of carboxylic acids is 1. The Bertz CT molecular complexity index is 325. The molecule has 1 aromatic rings. The molecule has 0 radical (unpaired) electrons. The number of aliphatic carboxylic acids is 1. The topological polar surface area (TPSA) is 55.1 Å². The number of aryl methyl sites for hydroxylation is 2. The van der Waals surface area contributed by atoms with Gasteiger partial charge in [-0.3, -0.25) is 9.48 Å². The lowest BCUT2D eigenvalue weighted by Gasteiger charge is -2.06. The van der Waals surface area contributed by atoms with Crippen LogP contribution in [-0.4, -0.2) is 31.9 Å². The summed E-state index contributed by atoms with van der Waals surface area (Å²) in [7, 11) is 1.89. The summed E-state index contributed by atoms with van der Waals surface area (Å²) in [6.07, 6.45) is 5.02. The van der Waals surface area contributed by atoms with Gasteiger partial charge in [0.25, 0.3) is 0 Å². The SMILES string of the molecule is CC(CC(=O)O)SCCc1cnn(C)c1. The highest BCUT2D eigenvalue weighted by Crippen LogP contribution is 2.15. The van der Waals surface area contributed by atoms with Crippen LogP contribution in [0.3, 0.4) is 0 Å². The Morgan fingerprint density at radius 3 is 3.00 bits per heavy atom. The molecule has 0 aliphatic heterocycles. The molecule has 15 heavy (non-hydrogen) atoms. The number of nitrogens with zero attached hydrogens (tertiary/aromatic N) is 2. The maximum atomic E-state index is 10.4. The Morgan fingerprint density at radius 2 is 2.47 bits per heavy atom. The van der Waals surface area contributed by atoms with Crippen molar-refractivity contribution in [2.45, 2.75) is 25.0 Å². The van der Waals surface area contributed by atoms with Gasteiger partial charge in [0.05, 0.1) is 12.6 Å². The number of carboxylic acid groups (broad SMARTS) is 1. The molecular formula is C10H16N2O2S. The standard InChI is InChI=1S/C10H16N2O2S/c1-8(5-10(13)14)15-4-3-9-6-11-12(2)7-9/h6-8H,3-5H2,1-2H3,(H,13,14). The summed E-state index contributed by atoms with van der Waals surface area (Å²) in [5.74, 6) is 0.219. The van der Waals surface area contributed by atoms with Crippen molar-refractivity contribution in [2.75, 3.05) is 5.75 Å². The fraction of sp³-hybridized carbons (Fsp3) is 0.600. The number of aromatic nitrogens is 2. The third-order valence-corrected chi connectivity index (χ3v) is 3.19. The van der Waals surface area contributed by atoms with Crippen LogP contribution in [0.5, 0.6) is 0 Å². The summed E-state index contributed by atoms with van der Waals surface area (Å²) in [6, 6.07) is 0. The van der Waals surface area contributed by atoms with Crippen molar-refractivity contribution in [1.82, 2.24) is 9.78 Å². The highest BCUT2D eigenvalue weighted by molar-refractivity contribution is 7.99. The van der Waals surface area contributed by atoms with E-state index in [1.807, 2.05) is 26.4 Å². The normalized spacial score (nSPS) is 12.7. The molecule has 0 saturated heterocycles. The second-order valence-corrected chi connectivity index (χ2v) is 5.10.